The lowest BCUT2D eigenvalue weighted by Gasteiger charge is -2.47. The van der Waals surface area contributed by atoms with Gasteiger partial charge < -0.3 is 9.64 Å². The van der Waals surface area contributed by atoms with E-state index in [4.69, 9.17) is 4.74 Å². The first-order chi connectivity index (χ1) is 18.2. The van der Waals surface area contributed by atoms with E-state index in [0.717, 1.165) is 24.9 Å². The second-order valence-corrected chi connectivity index (χ2v) is 10.5. The molecule has 186 valence electrons. The molecule has 2 atom stereocenters. The minimum atomic E-state index is -0.237. The van der Waals surface area contributed by atoms with Crippen LogP contribution in [0, 0.1) is 5.92 Å². The number of hydrogen-bond acceptors (Lipinski definition) is 4. The zero-order chi connectivity index (χ0) is 24.9. The highest BCUT2D eigenvalue weighted by Crippen LogP contribution is 2.45. The molecule has 37 heavy (non-hydrogen) atoms. The third kappa shape index (κ3) is 3.66. The third-order valence-electron chi connectivity index (χ3n) is 8.57. The van der Waals surface area contributed by atoms with Gasteiger partial charge in [0.1, 0.15) is 12.3 Å². The summed E-state index contributed by atoms with van der Waals surface area (Å²) in [7, 11) is 0. The maximum atomic E-state index is 13.6. The Morgan fingerprint density at radius 1 is 0.865 bits per heavy atom. The summed E-state index contributed by atoms with van der Waals surface area (Å²) in [5.74, 6) is 0.0969. The average Bonchev–Trinajstić information content (AvgIpc) is 3.53. The van der Waals surface area contributed by atoms with Gasteiger partial charge in [-0.2, -0.15) is 0 Å². The molecule has 4 aromatic rings. The number of piperidine rings is 2. The summed E-state index contributed by atoms with van der Waals surface area (Å²) >= 11 is 0. The van der Waals surface area contributed by atoms with E-state index in [9.17, 15) is 9.59 Å². The number of aromatic nitrogens is 2. The molecule has 1 aliphatic carbocycles. The number of carbonyl (C=O) groups excluding carboxylic acids is 2. The molecule has 7 rings (SSSR count). The number of imidazole rings is 1. The summed E-state index contributed by atoms with van der Waals surface area (Å²) in [6, 6.07) is 22.6. The van der Waals surface area contributed by atoms with Gasteiger partial charge in [0.25, 0.3) is 0 Å². The smallest absolute Gasteiger partial charge is 0.410 e. The van der Waals surface area contributed by atoms with Gasteiger partial charge in [-0.15, -0.1) is 0 Å². The van der Waals surface area contributed by atoms with Crippen molar-refractivity contribution in [2.24, 2.45) is 5.92 Å². The Bertz CT molecular complexity index is 1450. The lowest BCUT2D eigenvalue weighted by Crippen LogP contribution is -2.56. The fourth-order valence-electron chi connectivity index (χ4n) is 6.92. The highest BCUT2D eigenvalue weighted by Gasteiger charge is 2.44. The predicted molar refractivity (Wildman–Crippen MR) is 141 cm³/mol. The first kappa shape index (κ1) is 22.3. The predicted octanol–water partition coefficient (Wildman–Crippen LogP) is 6.10. The summed E-state index contributed by atoms with van der Waals surface area (Å²) in [5.41, 5.74) is 6.34. The molecular weight excluding hydrogens is 462 g/mol. The van der Waals surface area contributed by atoms with Crippen LogP contribution >= 0.6 is 0 Å². The van der Waals surface area contributed by atoms with E-state index in [0.29, 0.717) is 25.1 Å². The van der Waals surface area contributed by atoms with Crippen LogP contribution in [0.3, 0.4) is 0 Å². The first-order valence-corrected chi connectivity index (χ1v) is 13.3. The fraction of sp³-hybridized carbons (Fsp3) is 0.323. The van der Waals surface area contributed by atoms with Gasteiger partial charge >= 0.3 is 6.09 Å². The van der Waals surface area contributed by atoms with E-state index in [1.165, 1.54) is 22.3 Å². The van der Waals surface area contributed by atoms with Crippen molar-refractivity contribution in [3.8, 4) is 11.1 Å². The van der Waals surface area contributed by atoms with Crippen LogP contribution in [0.25, 0.3) is 16.8 Å². The Morgan fingerprint density at radius 3 is 2.24 bits per heavy atom. The van der Waals surface area contributed by atoms with E-state index in [-0.39, 0.29) is 35.8 Å². The second kappa shape index (κ2) is 8.87. The molecule has 4 heterocycles. The van der Waals surface area contributed by atoms with E-state index in [1.54, 1.807) is 6.20 Å². The molecule has 0 spiro atoms. The number of Topliss-reactive ketones (excluding diaryl/α,β-unsaturated/α-hetero) is 1. The van der Waals surface area contributed by atoms with Gasteiger partial charge in [0.05, 0.1) is 5.69 Å². The Hall–Kier alpha value is -3.93. The number of ketones is 1. The van der Waals surface area contributed by atoms with Crippen LogP contribution in [-0.4, -0.2) is 44.9 Å². The Labute approximate surface area is 215 Å². The van der Waals surface area contributed by atoms with Crippen LogP contribution in [0.1, 0.15) is 59.6 Å². The number of ether oxygens (including phenoxy) is 1. The van der Waals surface area contributed by atoms with E-state index in [1.807, 2.05) is 33.7 Å². The summed E-state index contributed by atoms with van der Waals surface area (Å²) in [4.78, 5) is 33.3. The molecule has 2 aromatic heterocycles. The van der Waals surface area contributed by atoms with Gasteiger partial charge in [-0.25, -0.2) is 9.78 Å². The largest absolute Gasteiger partial charge is 0.448 e. The van der Waals surface area contributed by atoms with Crippen molar-refractivity contribution in [3.63, 3.8) is 0 Å². The van der Waals surface area contributed by atoms with Crippen LogP contribution < -0.4 is 0 Å². The molecule has 0 saturated carbocycles. The molecule has 2 saturated heterocycles. The second-order valence-electron chi connectivity index (χ2n) is 10.5. The van der Waals surface area contributed by atoms with Gasteiger partial charge in [0, 0.05) is 36.3 Å². The van der Waals surface area contributed by atoms with Crippen molar-refractivity contribution >= 4 is 17.5 Å². The molecule has 2 fully saturated rings. The van der Waals surface area contributed by atoms with Crippen molar-refractivity contribution in [1.29, 1.82) is 0 Å². The zero-order valence-electron chi connectivity index (χ0n) is 20.6. The van der Waals surface area contributed by atoms with Gasteiger partial charge in [-0.05, 0) is 66.5 Å². The fourth-order valence-corrected chi connectivity index (χ4v) is 6.92. The highest BCUT2D eigenvalue weighted by atomic mass is 16.6. The molecule has 2 aromatic carbocycles. The number of rotatable bonds is 4. The van der Waals surface area contributed by atoms with E-state index in [2.05, 4.69) is 53.5 Å². The number of fused-ring (bicyclic) bond motifs is 6. The SMILES string of the molecule is O=C(c1cccc2nccn12)C1CC2CCCC(C1)N2C(=O)OCC1c2ccccc2-c2ccccc21. The molecule has 6 nitrogen and oxygen atoms in total. The first-order valence-electron chi connectivity index (χ1n) is 13.3. The van der Waals surface area contributed by atoms with E-state index >= 15 is 0 Å². The van der Waals surface area contributed by atoms with Crippen molar-refractivity contribution in [2.75, 3.05) is 6.61 Å². The number of amides is 1. The standard InChI is InChI=1S/C31H29N3O3/c35-30(28-13-6-14-29-32-15-16-33(28)29)20-17-21-7-5-8-22(18-20)34(21)31(36)37-19-27-25-11-3-1-9-23(25)24-10-2-4-12-26(24)27/h1-4,6,9-16,20-22,27H,5,7-8,17-19H2. The monoisotopic (exact) mass is 491 g/mol. The molecule has 0 N–H and O–H groups in total. The van der Waals surface area contributed by atoms with Gasteiger partial charge in [0.15, 0.2) is 5.78 Å². The molecular formula is C31H29N3O3. The summed E-state index contributed by atoms with van der Waals surface area (Å²) < 4.78 is 7.90. The van der Waals surface area contributed by atoms with Gasteiger partial charge in [-0.3, -0.25) is 9.20 Å². The van der Waals surface area contributed by atoms with Gasteiger partial charge in [0.2, 0.25) is 0 Å². The molecule has 1 amide bonds. The number of benzene rings is 2. The lowest BCUT2D eigenvalue weighted by atomic mass is 9.76. The maximum absolute atomic E-state index is 13.6. The molecule has 6 heteroatoms. The number of pyridine rings is 1. The Morgan fingerprint density at radius 2 is 1.54 bits per heavy atom. The molecule has 2 unspecified atom stereocenters. The molecule has 0 radical (unpaired) electrons. The van der Waals surface area contributed by atoms with Gasteiger partial charge in [-0.1, -0.05) is 54.6 Å². The zero-order valence-corrected chi connectivity index (χ0v) is 20.6. The quantitative estimate of drug-likeness (QED) is 0.324. The maximum Gasteiger partial charge on any atom is 0.410 e. The average molecular weight is 492 g/mol. The van der Waals surface area contributed by atoms with Crippen LogP contribution in [0.5, 0.6) is 0 Å². The van der Waals surface area contributed by atoms with Crippen LogP contribution in [0.2, 0.25) is 0 Å². The topological polar surface area (TPSA) is 63.9 Å². The summed E-state index contributed by atoms with van der Waals surface area (Å²) in [5, 5.41) is 0. The summed E-state index contributed by atoms with van der Waals surface area (Å²) in [6.07, 6.45) is 7.62. The minimum Gasteiger partial charge on any atom is -0.448 e. The minimum absolute atomic E-state index is 0.0408. The number of nitrogens with zero attached hydrogens (tertiary/aromatic N) is 3. The molecule has 2 bridgehead atoms. The molecule has 2 aliphatic heterocycles. The van der Waals surface area contributed by atoms with Crippen LogP contribution in [0.15, 0.2) is 79.1 Å². The third-order valence-corrected chi connectivity index (χ3v) is 8.57. The summed E-state index contributed by atoms with van der Waals surface area (Å²) in [6.45, 7) is 0.327. The van der Waals surface area contributed by atoms with Crippen molar-refractivity contribution in [2.45, 2.75) is 50.1 Å². The van der Waals surface area contributed by atoms with Crippen LogP contribution in [0.4, 0.5) is 4.79 Å². The Balaban J connectivity index is 1.08. The van der Waals surface area contributed by atoms with Crippen molar-refractivity contribution in [1.82, 2.24) is 14.3 Å². The molecule has 3 aliphatic rings. The van der Waals surface area contributed by atoms with Crippen LogP contribution in [-0.2, 0) is 4.74 Å². The lowest BCUT2D eigenvalue weighted by molar-refractivity contribution is 0.00638. The normalized spacial score (nSPS) is 22.5. The van der Waals surface area contributed by atoms with E-state index < -0.39 is 0 Å². The number of hydrogen-bond donors (Lipinski definition) is 0. The highest BCUT2D eigenvalue weighted by molar-refractivity contribution is 5.97. The number of carbonyl (C=O) groups is 2. The Kier molecular flexibility index (Phi) is 5.34. The van der Waals surface area contributed by atoms with Crippen molar-refractivity contribution < 1.29 is 14.3 Å². The van der Waals surface area contributed by atoms with Crippen molar-refractivity contribution in [3.05, 3.63) is 95.9 Å².